The highest BCUT2D eigenvalue weighted by molar-refractivity contribution is 6.36. The van der Waals surface area contributed by atoms with Crippen molar-refractivity contribution in [3.05, 3.63) is 46.4 Å². The monoisotopic (exact) mass is 451 g/mol. The molecule has 0 radical (unpaired) electrons. The highest BCUT2D eigenvalue weighted by Crippen LogP contribution is 2.32. The molecule has 2 aromatic carbocycles. The van der Waals surface area contributed by atoms with Crippen LogP contribution in [-0.4, -0.2) is 49.6 Å². The number of rotatable bonds is 8. The van der Waals surface area contributed by atoms with Gasteiger partial charge in [0.15, 0.2) is 11.5 Å². The van der Waals surface area contributed by atoms with Gasteiger partial charge in [0.2, 0.25) is 11.8 Å². The van der Waals surface area contributed by atoms with E-state index >= 15 is 0 Å². The Morgan fingerprint density at radius 1 is 0.967 bits per heavy atom. The van der Waals surface area contributed by atoms with Gasteiger partial charge in [-0.2, -0.15) is 0 Å². The van der Waals surface area contributed by atoms with E-state index < -0.39 is 0 Å². The van der Waals surface area contributed by atoms with Gasteiger partial charge in [-0.3, -0.25) is 14.5 Å². The normalized spacial score (nSPS) is 12.5. The van der Waals surface area contributed by atoms with Gasteiger partial charge in [0.1, 0.15) is 13.2 Å². The summed E-state index contributed by atoms with van der Waals surface area (Å²) in [7, 11) is 0. The fourth-order valence-electron chi connectivity index (χ4n) is 3.04. The van der Waals surface area contributed by atoms with E-state index in [4.69, 9.17) is 32.7 Å². The Morgan fingerprint density at radius 3 is 2.37 bits per heavy atom. The standard InChI is InChI=1S/C21H23Cl2N3O4/c1-2-7-26(13-21(28)25-17-5-3-14(22)10-16(17)23)12-20(27)24-15-4-6-18-19(11-15)30-9-8-29-18/h3-6,10-11H,2,7-9,12-13H2,1H3,(H,24,27)(H,25,28). The Labute approximate surface area is 185 Å². The lowest BCUT2D eigenvalue weighted by atomic mass is 10.2. The molecule has 160 valence electrons. The number of nitrogens with one attached hydrogen (secondary N) is 2. The zero-order valence-corrected chi connectivity index (χ0v) is 18.1. The molecule has 3 rings (SSSR count). The maximum Gasteiger partial charge on any atom is 0.238 e. The number of fused-ring (bicyclic) bond motifs is 1. The minimum absolute atomic E-state index is 0.0569. The summed E-state index contributed by atoms with van der Waals surface area (Å²) in [4.78, 5) is 26.7. The van der Waals surface area contributed by atoms with Crippen molar-refractivity contribution in [3.8, 4) is 11.5 Å². The summed E-state index contributed by atoms with van der Waals surface area (Å²) in [6.07, 6.45) is 0.798. The second-order valence-electron chi connectivity index (χ2n) is 6.79. The molecule has 1 heterocycles. The van der Waals surface area contributed by atoms with Crippen molar-refractivity contribution in [1.82, 2.24) is 4.90 Å². The molecular weight excluding hydrogens is 429 g/mol. The maximum absolute atomic E-state index is 12.5. The first-order valence-corrected chi connectivity index (χ1v) is 10.4. The van der Waals surface area contributed by atoms with Gasteiger partial charge in [-0.05, 0) is 43.3 Å². The minimum atomic E-state index is -0.264. The molecular formula is C21H23Cl2N3O4. The average Bonchev–Trinajstić information content (AvgIpc) is 2.70. The molecule has 1 aliphatic rings. The van der Waals surface area contributed by atoms with Crippen LogP contribution in [0.1, 0.15) is 13.3 Å². The van der Waals surface area contributed by atoms with E-state index in [2.05, 4.69) is 10.6 Å². The predicted octanol–water partition coefficient (Wildman–Crippen LogP) is 4.05. The molecule has 0 aromatic heterocycles. The number of anilines is 2. The topological polar surface area (TPSA) is 79.9 Å². The largest absolute Gasteiger partial charge is 0.486 e. The van der Waals surface area contributed by atoms with Crippen LogP contribution in [0.2, 0.25) is 10.0 Å². The van der Waals surface area contributed by atoms with Gasteiger partial charge in [0, 0.05) is 16.8 Å². The van der Waals surface area contributed by atoms with Gasteiger partial charge in [-0.1, -0.05) is 30.1 Å². The smallest absolute Gasteiger partial charge is 0.238 e. The van der Waals surface area contributed by atoms with Crippen LogP contribution >= 0.6 is 23.2 Å². The van der Waals surface area contributed by atoms with Crippen LogP contribution in [0.4, 0.5) is 11.4 Å². The molecule has 0 saturated carbocycles. The molecule has 0 bridgehead atoms. The zero-order valence-electron chi connectivity index (χ0n) is 16.5. The van der Waals surface area contributed by atoms with Gasteiger partial charge in [0.05, 0.1) is 23.8 Å². The van der Waals surface area contributed by atoms with Gasteiger partial charge < -0.3 is 20.1 Å². The van der Waals surface area contributed by atoms with Crippen LogP contribution in [0.5, 0.6) is 11.5 Å². The van der Waals surface area contributed by atoms with E-state index in [9.17, 15) is 9.59 Å². The van der Waals surface area contributed by atoms with Crippen molar-refractivity contribution >= 4 is 46.4 Å². The quantitative estimate of drug-likeness (QED) is 0.632. The molecule has 2 N–H and O–H groups in total. The van der Waals surface area contributed by atoms with Gasteiger partial charge >= 0.3 is 0 Å². The molecule has 9 heteroatoms. The zero-order chi connectivity index (χ0) is 21.5. The van der Waals surface area contributed by atoms with Crippen LogP contribution in [0, 0.1) is 0 Å². The van der Waals surface area contributed by atoms with Crippen LogP contribution in [0.25, 0.3) is 0 Å². The van der Waals surface area contributed by atoms with Crippen LogP contribution < -0.4 is 20.1 Å². The fraction of sp³-hybridized carbons (Fsp3) is 0.333. The molecule has 0 fully saturated rings. The highest BCUT2D eigenvalue weighted by Gasteiger charge is 2.17. The van der Waals surface area contributed by atoms with Gasteiger partial charge in [-0.15, -0.1) is 0 Å². The van der Waals surface area contributed by atoms with Gasteiger partial charge in [0.25, 0.3) is 0 Å². The third kappa shape index (κ3) is 6.26. The average molecular weight is 452 g/mol. The summed E-state index contributed by atoms with van der Waals surface area (Å²) in [5.74, 6) is 0.769. The Balaban J connectivity index is 1.56. The molecule has 0 atom stereocenters. The first-order chi connectivity index (χ1) is 14.4. The number of hydrogen-bond acceptors (Lipinski definition) is 5. The fourth-order valence-corrected chi connectivity index (χ4v) is 3.49. The second-order valence-corrected chi connectivity index (χ2v) is 7.63. The molecule has 30 heavy (non-hydrogen) atoms. The summed E-state index contributed by atoms with van der Waals surface area (Å²) in [5, 5.41) is 6.43. The lowest BCUT2D eigenvalue weighted by molar-refractivity contribution is -0.120. The van der Waals surface area contributed by atoms with Crippen LogP contribution in [0.3, 0.4) is 0 Å². The van der Waals surface area contributed by atoms with Crippen molar-refractivity contribution in [1.29, 1.82) is 0 Å². The number of carbonyl (C=O) groups excluding carboxylic acids is 2. The summed E-state index contributed by atoms with van der Waals surface area (Å²) < 4.78 is 11.0. The number of ether oxygens (including phenoxy) is 2. The molecule has 2 aromatic rings. The lowest BCUT2D eigenvalue weighted by Gasteiger charge is -2.21. The van der Waals surface area contributed by atoms with Crippen LogP contribution in [0.15, 0.2) is 36.4 Å². The molecule has 0 unspecified atom stereocenters. The van der Waals surface area contributed by atoms with Crippen molar-refractivity contribution in [2.24, 2.45) is 0 Å². The Bertz CT molecular complexity index is 923. The number of halogens is 2. The number of hydrogen-bond donors (Lipinski definition) is 2. The van der Waals surface area contributed by atoms with E-state index in [1.54, 1.807) is 41.3 Å². The van der Waals surface area contributed by atoms with E-state index in [1.807, 2.05) is 6.92 Å². The van der Waals surface area contributed by atoms with Crippen molar-refractivity contribution in [2.75, 3.05) is 43.5 Å². The highest BCUT2D eigenvalue weighted by atomic mass is 35.5. The Hall–Kier alpha value is -2.48. The predicted molar refractivity (Wildman–Crippen MR) is 118 cm³/mol. The first-order valence-electron chi connectivity index (χ1n) is 9.61. The summed E-state index contributed by atoms with van der Waals surface area (Å²) in [5.41, 5.74) is 1.08. The third-order valence-corrected chi connectivity index (χ3v) is 4.85. The van der Waals surface area contributed by atoms with Crippen molar-refractivity contribution < 1.29 is 19.1 Å². The van der Waals surface area contributed by atoms with Crippen molar-refractivity contribution in [2.45, 2.75) is 13.3 Å². The summed E-state index contributed by atoms with van der Waals surface area (Å²) in [6, 6.07) is 10.1. The first kappa shape index (κ1) is 22.2. The molecule has 2 amide bonds. The Morgan fingerprint density at radius 2 is 1.67 bits per heavy atom. The van der Waals surface area contributed by atoms with E-state index in [0.29, 0.717) is 52.7 Å². The van der Waals surface area contributed by atoms with E-state index in [-0.39, 0.29) is 24.9 Å². The number of benzene rings is 2. The summed E-state index contributed by atoms with van der Waals surface area (Å²) >= 11 is 12.0. The third-order valence-electron chi connectivity index (χ3n) is 4.31. The molecule has 1 aliphatic heterocycles. The maximum atomic E-state index is 12.5. The lowest BCUT2D eigenvalue weighted by Crippen LogP contribution is -2.39. The van der Waals surface area contributed by atoms with Crippen molar-refractivity contribution in [3.63, 3.8) is 0 Å². The molecule has 0 spiro atoms. The minimum Gasteiger partial charge on any atom is -0.486 e. The molecule has 7 nitrogen and oxygen atoms in total. The van der Waals surface area contributed by atoms with E-state index in [0.717, 1.165) is 6.42 Å². The molecule has 0 aliphatic carbocycles. The Kier molecular flexibility index (Phi) is 7.79. The second kappa shape index (κ2) is 10.5. The van der Waals surface area contributed by atoms with Gasteiger partial charge in [-0.25, -0.2) is 0 Å². The number of amides is 2. The number of carbonyl (C=O) groups is 2. The molecule has 0 saturated heterocycles. The summed E-state index contributed by atoms with van der Waals surface area (Å²) in [6.45, 7) is 3.69. The van der Waals surface area contributed by atoms with Crippen LogP contribution in [-0.2, 0) is 9.59 Å². The number of nitrogens with zero attached hydrogens (tertiary/aromatic N) is 1. The van der Waals surface area contributed by atoms with E-state index in [1.165, 1.54) is 0 Å². The SMILES string of the molecule is CCCN(CC(=O)Nc1ccc2c(c1)OCCO2)CC(=O)Nc1ccc(Cl)cc1Cl.